The van der Waals surface area contributed by atoms with Gasteiger partial charge in [-0.1, -0.05) is 36.4 Å². The van der Waals surface area contributed by atoms with Crippen molar-refractivity contribution in [1.29, 1.82) is 0 Å². The smallest absolute Gasteiger partial charge is 0.221 e. The molecule has 0 bridgehead atoms. The summed E-state index contributed by atoms with van der Waals surface area (Å²) in [5.41, 5.74) is -1.10. The van der Waals surface area contributed by atoms with Crippen molar-refractivity contribution in [3.8, 4) is 0 Å². The normalized spacial score (nSPS) is 26.2. The van der Waals surface area contributed by atoms with E-state index in [1.54, 1.807) is 24.3 Å². The number of β-amino-alcohol motifs (C(OH)–C–C–N with tert-alkyl or cyclic N) is 1. The predicted molar refractivity (Wildman–Crippen MR) is 112 cm³/mol. The van der Waals surface area contributed by atoms with E-state index in [1.807, 2.05) is 23.1 Å². The lowest BCUT2D eigenvalue weighted by Gasteiger charge is -2.37. The molecule has 0 saturated carbocycles. The Morgan fingerprint density at radius 2 is 2.00 bits per heavy atom. The van der Waals surface area contributed by atoms with Crippen LogP contribution in [0.2, 0.25) is 0 Å². The highest BCUT2D eigenvalue weighted by Crippen LogP contribution is 2.45. The number of halogens is 1. The number of amides is 1. The van der Waals surface area contributed by atoms with Gasteiger partial charge in [0.1, 0.15) is 11.9 Å². The van der Waals surface area contributed by atoms with Crippen molar-refractivity contribution in [1.82, 2.24) is 10.3 Å². The number of pyridine rings is 1. The minimum atomic E-state index is -2.37. The van der Waals surface area contributed by atoms with Gasteiger partial charge in [0, 0.05) is 31.8 Å². The SMILES string of the molecule is CC(=O)NC1=CC=C(c2ccccc2)[C@@H](O)C1(F)c1ccnc(N2CCC(O)C2)c1. The number of carbonyl (C=O) groups is 1. The van der Waals surface area contributed by atoms with E-state index in [0.717, 1.165) is 0 Å². The average molecular weight is 409 g/mol. The summed E-state index contributed by atoms with van der Waals surface area (Å²) in [4.78, 5) is 17.9. The summed E-state index contributed by atoms with van der Waals surface area (Å²) < 4.78 is 16.7. The van der Waals surface area contributed by atoms with E-state index in [0.29, 0.717) is 36.5 Å². The van der Waals surface area contributed by atoms with Crippen LogP contribution < -0.4 is 10.2 Å². The van der Waals surface area contributed by atoms with E-state index in [2.05, 4.69) is 10.3 Å². The number of aliphatic hydroxyl groups excluding tert-OH is 2. The molecule has 2 unspecified atom stereocenters. The van der Waals surface area contributed by atoms with Crippen LogP contribution in [-0.2, 0) is 10.5 Å². The van der Waals surface area contributed by atoms with Gasteiger partial charge in [-0.2, -0.15) is 0 Å². The highest BCUT2D eigenvalue weighted by molar-refractivity contribution is 5.79. The summed E-state index contributed by atoms with van der Waals surface area (Å²) in [6.07, 6.45) is 3.24. The molecule has 1 amide bonds. The van der Waals surface area contributed by atoms with Gasteiger partial charge in [-0.05, 0) is 35.8 Å². The number of carbonyl (C=O) groups excluding carboxylic acids is 1. The second kappa shape index (κ2) is 8.01. The van der Waals surface area contributed by atoms with Crippen molar-refractivity contribution < 1.29 is 19.4 Å². The molecular formula is C23H24FN3O3. The Hall–Kier alpha value is -3.03. The molecule has 4 rings (SSSR count). The van der Waals surface area contributed by atoms with Crippen LogP contribution in [-0.4, -0.2) is 46.4 Å². The van der Waals surface area contributed by atoms with Gasteiger partial charge in [0.2, 0.25) is 11.6 Å². The van der Waals surface area contributed by atoms with E-state index >= 15 is 4.39 Å². The molecule has 1 fully saturated rings. The molecule has 1 aromatic heterocycles. The first-order valence-corrected chi connectivity index (χ1v) is 9.91. The Kier molecular flexibility index (Phi) is 5.40. The zero-order valence-electron chi connectivity index (χ0n) is 16.6. The molecule has 1 aliphatic carbocycles. The van der Waals surface area contributed by atoms with Crippen molar-refractivity contribution in [2.45, 2.75) is 31.2 Å². The third kappa shape index (κ3) is 3.62. The summed E-state index contributed by atoms with van der Waals surface area (Å²) in [5.74, 6) is 0.0928. The molecule has 1 aliphatic heterocycles. The lowest BCUT2D eigenvalue weighted by molar-refractivity contribution is -0.119. The van der Waals surface area contributed by atoms with Crippen LogP contribution in [0.1, 0.15) is 24.5 Å². The molecule has 1 saturated heterocycles. The second-order valence-corrected chi connectivity index (χ2v) is 7.66. The number of hydrogen-bond donors (Lipinski definition) is 3. The molecule has 2 aliphatic rings. The lowest BCUT2D eigenvalue weighted by atomic mass is 9.78. The summed E-state index contributed by atoms with van der Waals surface area (Å²) in [7, 11) is 0. The Morgan fingerprint density at radius 1 is 1.23 bits per heavy atom. The molecule has 6 nitrogen and oxygen atoms in total. The number of alkyl halides is 1. The van der Waals surface area contributed by atoms with Gasteiger partial charge in [-0.25, -0.2) is 9.37 Å². The van der Waals surface area contributed by atoms with Crippen molar-refractivity contribution in [3.63, 3.8) is 0 Å². The molecule has 30 heavy (non-hydrogen) atoms. The quantitative estimate of drug-likeness (QED) is 0.722. The number of aromatic nitrogens is 1. The van der Waals surface area contributed by atoms with Crippen LogP contribution in [0.3, 0.4) is 0 Å². The third-order valence-corrected chi connectivity index (χ3v) is 5.56. The molecule has 2 aromatic rings. The second-order valence-electron chi connectivity index (χ2n) is 7.66. The van der Waals surface area contributed by atoms with Crippen LogP contribution >= 0.6 is 0 Å². The van der Waals surface area contributed by atoms with Gasteiger partial charge in [-0.15, -0.1) is 0 Å². The number of benzene rings is 1. The van der Waals surface area contributed by atoms with Crippen molar-refractivity contribution in [2.24, 2.45) is 0 Å². The largest absolute Gasteiger partial charge is 0.391 e. The number of rotatable bonds is 4. The van der Waals surface area contributed by atoms with Gasteiger partial charge >= 0.3 is 0 Å². The summed E-state index contributed by atoms with van der Waals surface area (Å²) >= 11 is 0. The van der Waals surface area contributed by atoms with Crippen LogP contribution in [0, 0.1) is 0 Å². The predicted octanol–water partition coefficient (Wildman–Crippen LogP) is 2.30. The zero-order chi connectivity index (χ0) is 21.3. The number of allylic oxidation sites excluding steroid dienone is 2. The van der Waals surface area contributed by atoms with Gasteiger partial charge in [0.05, 0.1) is 11.8 Å². The maximum atomic E-state index is 16.7. The minimum absolute atomic E-state index is 0.0270. The Morgan fingerprint density at radius 3 is 2.67 bits per heavy atom. The average Bonchev–Trinajstić information content (AvgIpc) is 3.18. The molecule has 156 valence electrons. The first kappa shape index (κ1) is 20.3. The highest BCUT2D eigenvalue weighted by Gasteiger charge is 2.48. The molecule has 2 heterocycles. The van der Waals surface area contributed by atoms with E-state index in [1.165, 1.54) is 25.3 Å². The van der Waals surface area contributed by atoms with Gasteiger partial charge in [0.25, 0.3) is 0 Å². The first-order chi connectivity index (χ1) is 14.4. The molecule has 1 aromatic carbocycles. The molecule has 0 radical (unpaired) electrons. The maximum absolute atomic E-state index is 16.7. The van der Waals surface area contributed by atoms with Crippen LogP contribution in [0.25, 0.3) is 5.57 Å². The topological polar surface area (TPSA) is 85.7 Å². The molecule has 3 N–H and O–H groups in total. The Bertz CT molecular complexity index is 1010. The monoisotopic (exact) mass is 409 g/mol. The zero-order valence-corrected chi connectivity index (χ0v) is 16.6. The van der Waals surface area contributed by atoms with E-state index in [-0.39, 0.29) is 11.3 Å². The summed E-state index contributed by atoms with van der Waals surface area (Å²) in [6, 6.07) is 12.2. The highest BCUT2D eigenvalue weighted by atomic mass is 19.1. The van der Waals surface area contributed by atoms with Gasteiger partial charge < -0.3 is 20.4 Å². The molecule has 7 heteroatoms. The third-order valence-electron chi connectivity index (χ3n) is 5.56. The van der Waals surface area contributed by atoms with Crippen molar-refractivity contribution in [2.75, 3.05) is 18.0 Å². The van der Waals surface area contributed by atoms with Crippen LogP contribution in [0.15, 0.2) is 66.5 Å². The first-order valence-electron chi connectivity index (χ1n) is 9.91. The number of nitrogens with one attached hydrogen (secondary N) is 1. The van der Waals surface area contributed by atoms with Crippen LogP contribution in [0.5, 0.6) is 0 Å². The number of anilines is 1. The summed E-state index contributed by atoms with van der Waals surface area (Å²) in [6.45, 7) is 2.33. The lowest BCUT2D eigenvalue weighted by Crippen LogP contribution is -2.45. The van der Waals surface area contributed by atoms with E-state index < -0.39 is 23.8 Å². The fraction of sp³-hybridized carbons (Fsp3) is 0.304. The van der Waals surface area contributed by atoms with E-state index in [4.69, 9.17) is 0 Å². The fourth-order valence-electron chi connectivity index (χ4n) is 4.03. The fourth-order valence-corrected chi connectivity index (χ4v) is 4.03. The minimum Gasteiger partial charge on any atom is -0.391 e. The maximum Gasteiger partial charge on any atom is 0.221 e. The number of aliphatic hydroxyl groups is 2. The van der Waals surface area contributed by atoms with Crippen molar-refractivity contribution >= 4 is 17.3 Å². The standard InChI is InChI=1S/C23H24FN3O3/c1-15(28)26-20-8-7-19(16-5-3-2-4-6-16)22(30)23(20,24)17-9-11-25-21(13-17)27-12-10-18(29)14-27/h2-9,11,13,18,22,29-30H,10,12,14H2,1H3,(H,26,28)/t18?,22-,23?/m1/s1. The Balaban J connectivity index is 1.78. The Labute approximate surface area is 174 Å². The van der Waals surface area contributed by atoms with Crippen LogP contribution in [0.4, 0.5) is 10.2 Å². The number of hydrogen-bond acceptors (Lipinski definition) is 5. The molecule has 0 spiro atoms. The molecule has 3 atom stereocenters. The molecular weight excluding hydrogens is 385 g/mol. The number of nitrogens with zero attached hydrogens (tertiary/aromatic N) is 2. The summed E-state index contributed by atoms with van der Waals surface area (Å²) in [5, 5.41) is 23.5. The van der Waals surface area contributed by atoms with Gasteiger partial charge in [0.15, 0.2) is 0 Å². The van der Waals surface area contributed by atoms with Crippen molar-refractivity contribution in [3.05, 3.63) is 77.6 Å². The van der Waals surface area contributed by atoms with E-state index in [9.17, 15) is 15.0 Å². The van der Waals surface area contributed by atoms with Gasteiger partial charge in [-0.3, -0.25) is 4.79 Å².